The number of aryl methyl sites for hydroxylation is 4. The highest BCUT2D eigenvalue weighted by molar-refractivity contribution is 5.99. The maximum absolute atomic E-state index is 13.0. The lowest BCUT2D eigenvalue weighted by molar-refractivity contribution is 0.0235. The highest BCUT2D eigenvalue weighted by Crippen LogP contribution is 2.54. The van der Waals surface area contributed by atoms with E-state index in [1.165, 1.54) is 18.2 Å². The first-order chi connectivity index (χ1) is 14.6. The van der Waals surface area contributed by atoms with Crippen molar-refractivity contribution in [3.8, 4) is 11.5 Å². The van der Waals surface area contributed by atoms with E-state index in [2.05, 4.69) is 0 Å². The maximum atomic E-state index is 13.0. The Bertz CT molecular complexity index is 1210. The number of fused-ring (bicyclic) bond motifs is 1. The average molecular weight is 418 g/mol. The summed E-state index contributed by atoms with van der Waals surface area (Å²) in [5, 5.41) is 31.8. The van der Waals surface area contributed by atoms with Gasteiger partial charge in [-0.25, -0.2) is 9.59 Å². The highest BCUT2D eigenvalue weighted by atomic mass is 16.6. The fourth-order valence-electron chi connectivity index (χ4n) is 4.37. The van der Waals surface area contributed by atoms with Crippen LogP contribution in [0.4, 0.5) is 0 Å². The van der Waals surface area contributed by atoms with Gasteiger partial charge in [0, 0.05) is 16.7 Å². The van der Waals surface area contributed by atoms with Gasteiger partial charge in [0.2, 0.25) is 0 Å². The van der Waals surface area contributed by atoms with Crippen LogP contribution in [0.1, 0.15) is 59.7 Å². The summed E-state index contributed by atoms with van der Waals surface area (Å²) in [7, 11) is 0. The number of carbonyl (C=O) groups is 2. The zero-order valence-corrected chi connectivity index (χ0v) is 17.6. The van der Waals surface area contributed by atoms with E-state index in [1.807, 2.05) is 0 Å². The molecule has 0 aliphatic carbocycles. The summed E-state index contributed by atoms with van der Waals surface area (Å²) < 4.78 is 6.01. The molecule has 3 aromatic carbocycles. The smallest absolute Gasteiger partial charge is 0.340 e. The molecule has 0 fully saturated rings. The number of carboxylic acids is 1. The standard InChI is InChI=1S/C25H22O6/c1-12-5-7-14(3)21(26)19(12)25(20-13(2)6-8-15(4)22(20)27)18-11-16(23(28)29)9-10-17(18)24(30)31-25/h5-11,26-27H,1-4H3,(H,28,29). The lowest BCUT2D eigenvalue weighted by Gasteiger charge is -2.34. The van der Waals surface area contributed by atoms with E-state index in [9.17, 15) is 24.9 Å². The van der Waals surface area contributed by atoms with Crippen LogP contribution >= 0.6 is 0 Å². The minimum atomic E-state index is -1.71. The number of carboxylic acid groups (broad SMARTS) is 1. The Morgan fingerprint density at radius 3 is 1.77 bits per heavy atom. The molecule has 1 aliphatic rings. The van der Waals surface area contributed by atoms with Crippen molar-refractivity contribution in [1.29, 1.82) is 0 Å². The van der Waals surface area contributed by atoms with Crippen LogP contribution in [-0.4, -0.2) is 27.3 Å². The summed E-state index contributed by atoms with van der Waals surface area (Å²) in [6.07, 6.45) is 0. The Morgan fingerprint density at radius 2 is 1.29 bits per heavy atom. The van der Waals surface area contributed by atoms with Crippen LogP contribution < -0.4 is 0 Å². The number of benzene rings is 3. The maximum Gasteiger partial charge on any atom is 0.340 e. The largest absolute Gasteiger partial charge is 0.507 e. The molecule has 1 aliphatic heterocycles. The second kappa shape index (κ2) is 6.87. The Labute approximate surface area is 179 Å². The number of cyclic esters (lactones) is 1. The van der Waals surface area contributed by atoms with E-state index in [0.717, 1.165) is 0 Å². The number of hydrogen-bond acceptors (Lipinski definition) is 5. The molecule has 31 heavy (non-hydrogen) atoms. The molecule has 6 nitrogen and oxygen atoms in total. The van der Waals surface area contributed by atoms with Crippen molar-refractivity contribution in [2.45, 2.75) is 33.3 Å². The fraction of sp³-hybridized carbons (Fsp3) is 0.200. The molecule has 4 rings (SSSR count). The van der Waals surface area contributed by atoms with Crippen LogP contribution in [-0.2, 0) is 10.3 Å². The Hall–Kier alpha value is -3.80. The summed E-state index contributed by atoms with van der Waals surface area (Å²) in [5.41, 5.74) is 1.68. The molecule has 0 atom stereocenters. The van der Waals surface area contributed by atoms with Gasteiger partial charge in [-0.2, -0.15) is 0 Å². The normalized spacial score (nSPS) is 14.3. The van der Waals surface area contributed by atoms with Crippen molar-refractivity contribution < 1.29 is 29.6 Å². The molecular weight excluding hydrogens is 396 g/mol. The number of carbonyl (C=O) groups excluding carboxylic acids is 1. The molecule has 158 valence electrons. The fourth-order valence-corrected chi connectivity index (χ4v) is 4.37. The van der Waals surface area contributed by atoms with Gasteiger partial charge in [0.15, 0.2) is 5.60 Å². The van der Waals surface area contributed by atoms with Crippen LogP contribution in [0.2, 0.25) is 0 Å². The number of esters is 1. The van der Waals surface area contributed by atoms with Gasteiger partial charge in [-0.1, -0.05) is 24.3 Å². The van der Waals surface area contributed by atoms with Gasteiger partial charge in [-0.15, -0.1) is 0 Å². The van der Waals surface area contributed by atoms with Crippen molar-refractivity contribution in [3.63, 3.8) is 0 Å². The van der Waals surface area contributed by atoms with E-state index in [-0.39, 0.29) is 28.2 Å². The van der Waals surface area contributed by atoms with Crippen molar-refractivity contribution in [1.82, 2.24) is 0 Å². The van der Waals surface area contributed by atoms with Gasteiger partial charge in [-0.05, 0) is 68.1 Å². The number of phenolic OH excluding ortho intramolecular Hbond substituents is 2. The molecule has 3 aromatic rings. The third-order valence-corrected chi connectivity index (χ3v) is 5.99. The van der Waals surface area contributed by atoms with Gasteiger partial charge in [0.1, 0.15) is 11.5 Å². The molecule has 0 spiro atoms. The number of ether oxygens (including phenoxy) is 1. The lowest BCUT2D eigenvalue weighted by atomic mass is 9.74. The predicted molar refractivity (Wildman–Crippen MR) is 114 cm³/mol. The summed E-state index contributed by atoms with van der Waals surface area (Å²) in [4.78, 5) is 24.7. The van der Waals surface area contributed by atoms with Crippen molar-refractivity contribution in [3.05, 3.63) is 92.5 Å². The van der Waals surface area contributed by atoms with E-state index >= 15 is 0 Å². The Kier molecular flexibility index (Phi) is 4.54. The Balaban J connectivity index is 2.25. The van der Waals surface area contributed by atoms with E-state index in [4.69, 9.17) is 4.74 Å². The van der Waals surface area contributed by atoms with Crippen LogP contribution in [0.3, 0.4) is 0 Å². The molecule has 0 aromatic heterocycles. The minimum absolute atomic E-state index is 0.0315. The van der Waals surface area contributed by atoms with Crippen LogP contribution in [0.25, 0.3) is 0 Å². The monoisotopic (exact) mass is 418 g/mol. The molecule has 0 saturated carbocycles. The average Bonchev–Trinajstić information content (AvgIpc) is 3.00. The summed E-state index contributed by atoms with van der Waals surface area (Å²) in [6, 6.07) is 11.2. The van der Waals surface area contributed by atoms with Gasteiger partial charge < -0.3 is 20.1 Å². The molecule has 3 N–H and O–H groups in total. The molecule has 0 saturated heterocycles. The van der Waals surface area contributed by atoms with Crippen molar-refractivity contribution in [2.24, 2.45) is 0 Å². The van der Waals surface area contributed by atoms with Gasteiger partial charge >= 0.3 is 11.9 Å². The van der Waals surface area contributed by atoms with Crippen molar-refractivity contribution in [2.75, 3.05) is 0 Å². The second-order valence-corrected chi connectivity index (χ2v) is 7.98. The molecule has 1 heterocycles. The number of phenols is 2. The summed E-state index contributed by atoms with van der Waals surface area (Å²) in [5.74, 6) is -1.98. The van der Waals surface area contributed by atoms with Gasteiger partial charge in [0.25, 0.3) is 0 Å². The van der Waals surface area contributed by atoms with Crippen LogP contribution in [0, 0.1) is 27.7 Å². The van der Waals surface area contributed by atoms with Crippen molar-refractivity contribution >= 4 is 11.9 Å². The topological polar surface area (TPSA) is 104 Å². The lowest BCUT2D eigenvalue weighted by Crippen LogP contribution is -2.32. The zero-order valence-electron chi connectivity index (χ0n) is 17.6. The second-order valence-electron chi connectivity index (χ2n) is 7.98. The van der Waals surface area contributed by atoms with E-state index in [0.29, 0.717) is 33.4 Å². The molecule has 0 bridgehead atoms. The third-order valence-electron chi connectivity index (χ3n) is 5.99. The van der Waals surface area contributed by atoms with E-state index < -0.39 is 17.5 Å². The predicted octanol–water partition coefficient (Wildman–Crippen LogP) is 4.49. The molecule has 0 unspecified atom stereocenters. The molecule has 0 amide bonds. The van der Waals surface area contributed by atoms with Gasteiger partial charge in [0.05, 0.1) is 11.1 Å². The quantitative estimate of drug-likeness (QED) is 0.542. The summed E-state index contributed by atoms with van der Waals surface area (Å²) in [6.45, 7) is 6.98. The minimum Gasteiger partial charge on any atom is -0.507 e. The van der Waals surface area contributed by atoms with Gasteiger partial charge in [-0.3, -0.25) is 0 Å². The zero-order chi connectivity index (χ0) is 22.7. The first kappa shape index (κ1) is 20.5. The SMILES string of the molecule is Cc1ccc(C)c(C2(c3c(C)ccc(C)c3O)OC(=O)c3ccc(C(=O)O)cc32)c1O. The molecular formula is C25H22O6. The van der Waals surface area contributed by atoms with E-state index in [1.54, 1.807) is 52.0 Å². The third kappa shape index (κ3) is 2.79. The first-order valence-corrected chi connectivity index (χ1v) is 9.80. The highest BCUT2D eigenvalue weighted by Gasteiger charge is 2.53. The number of aromatic hydroxyl groups is 2. The number of aromatic carboxylic acids is 1. The number of rotatable bonds is 3. The summed E-state index contributed by atoms with van der Waals surface area (Å²) >= 11 is 0. The number of hydrogen-bond donors (Lipinski definition) is 3. The molecule has 6 heteroatoms. The van der Waals surface area contributed by atoms with Crippen LogP contribution in [0.15, 0.2) is 42.5 Å². The molecule has 0 radical (unpaired) electrons. The first-order valence-electron chi connectivity index (χ1n) is 9.80. The van der Waals surface area contributed by atoms with Crippen LogP contribution in [0.5, 0.6) is 11.5 Å². The Morgan fingerprint density at radius 1 is 0.806 bits per heavy atom.